The van der Waals surface area contributed by atoms with E-state index in [9.17, 15) is 23.1 Å². The monoisotopic (exact) mass is 471 g/mol. The number of furan rings is 1. The second kappa shape index (κ2) is 9.13. The van der Waals surface area contributed by atoms with Crippen molar-refractivity contribution in [1.82, 2.24) is 0 Å². The number of hydrogen-bond donors (Lipinski definition) is 2. The predicted molar refractivity (Wildman–Crippen MR) is 119 cm³/mol. The van der Waals surface area contributed by atoms with Crippen LogP contribution in [0.5, 0.6) is 0 Å². The average molecular weight is 472 g/mol. The van der Waals surface area contributed by atoms with Crippen LogP contribution in [0.3, 0.4) is 0 Å². The van der Waals surface area contributed by atoms with Gasteiger partial charge in [-0.1, -0.05) is 54.1 Å². The van der Waals surface area contributed by atoms with Crippen LogP contribution >= 0.6 is 11.6 Å². The van der Waals surface area contributed by atoms with Gasteiger partial charge in [0.05, 0.1) is 5.56 Å². The molecule has 1 aromatic heterocycles. The summed E-state index contributed by atoms with van der Waals surface area (Å²) in [5.74, 6) is -0.610. The largest absolute Gasteiger partial charge is 0.451 e. The molecule has 0 saturated heterocycles. The molecule has 1 amide bonds. The summed E-state index contributed by atoms with van der Waals surface area (Å²) in [7, 11) is 0. The molecule has 33 heavy (non-hydrogen) atoms. The SMILES string of the molecule is O=C(Nc1ccc(Cl)cc1C(O)c1ccccc1)c1ccc(-c2cccc(C(F)(F)F)c2)o1. The Kier molecular flexibility index (Phi) is 6.26. The number of anilines is 1. The topological polar surface area (TPSA) is 62.5 Å². The molecular weight excluding hydrogens is 455 g/mol. The second-order valence-corrected chi connectivity index (χ2v) is 7.68. The van der Waals surface area contributed by atoms with E-state index in [0.717, 1.165) is 12.1 Å². The van der Waals surface area contributed by atoms with Crippen LogP contribution in [0.15, 0.2) is 89.3 Å². The molecule has 0 aliphatic heterocycles. The maximum Gasteiger partial charge on any atom is 0.416 e. The fourth-order valence-corrected chi connectivity index (χ4v) is 3.52. The lowest BCUT2D eigenvalue weighted by Crippen LogP contribution is -2.14. The molecule has 4 nitrogen and oxygen atoms in total. The van der Waals surface area contributed by atoms with Gasteiger partial charge >= 0.3 is 6.18 Å². The summed E-state index contributed by atoms with van der Waals surface area (Å²) < 4.78 is 44.5. The molecule has 0 aliphatic rings. The number of nitrogens with one attached hydrogen (secondary N) is 1. The molecule has 0 fully saturated rings. The van der Waals surface area contributed by atoms with E-state index in [4.69, 9.17) is 16.0 Å². The molecule has 0 aliphatic carbocycles. The summed E-state index contributed by atoms with van der Waals surface area (Å²) in [5.41, 5.74) is 0.684. The normalized spacial score (nSPS) is 12.4. The number of carbonyl (C=O) groups is 1. The summed E-state index contributed by atoms with van der Waals surface area (Å²) in [5, 5.41) is 13.9. The fourth-order valence-electron chi connectivity index (χ4n) is 3.34. The Hall–Kier alpha value is -3.55. The molecule has 4 rings (SSSR count). The first-order valence-electron chi connectivity index (χ1n) is 9.83. The van der Waals surface area contributed by atoms with E-state index < -0.39 is 23.8 Å². The van der Waals surface area contributed by atoms with Gasteiger partial charge in [-0.05, 0) is 48.0 Å². The van der Waals surface area contributed by atoms with Crippen LogP contribution in [-0.2, 0) is 6.18 Å². The van der Waals surface area contributed by atoms with Crippen molar-refractivity contribution in [3.63, 3.8) is 0 Å². The lowest BCUT2D eigenvalue weighted by Gasteiger charge is -2.17. The third-order valence-corrected chi connectivity index (χ3v) is 5.21. The van der Waals surface area contributed by atoms with Crippen LogP contribution in [0, 0.1) is 0 Å². The summed E-state index contributed by atoms with van der Waals surface area (Å²) in [4.78, 5) is 12.8. The molecule has 168 valence electrons. The van der Waals surface area contributed by atoms with E-state index in [1.165, 1.54) is 24.3 Å². The van der Waals surface area contributed by atoms with E-state index in [-0.39, 0.29) is 17.1 Å². The van der Waals surface area contributed by atoms with Crippen molar-refractivity contribution in [2.45, 2.75) is 12.3 Å². The van der Waals surface area contributed by atoms with E-state index in [1.54, 1.807) is 42.5 Å². The maximum atomic E-state index is 13.0. The molecule has 8 heteroatoms. The van der Waals surface area contributed by atoms with Crippen LogP contribution < -0.4 is 5.32 Å². The molecule has 1 heterocycles. The third-order valence-electron chi connectivity index (χ3n) is 4.98. The van der Waals surface area contributed by atoms with Crippen molar-refractivity contribution < 1.29 is 27.5 Å². The highest BCUT2D eigenvalue weighted by atomic mass is 35.5. The summed E-state index contributed by atoms with van der Waals surface area (Å²) in [6, 6.07) is 21.0. The Labute approximate surface area is 192 Å². The standard InChI is InChI=1S/C25H17ClF3NO3/c26-18-9-10-20(19(14-18)23(31)15-5-2-1-3-6-15)30-24(32)22-12-11-21(33-22)16-7-4-8-17(13-16)25(27,28)29/h1-14,23,31H,(H,30,32). The highest BCUT2D eigenvalue weighted by Crippen LogP contribution is 2.34. The third kappa shape index (κ3) is 5.10. The number of aliphatic hydroxyl groups is 1. The minimum absolute atomic E-state index is 0.0995. The molecule has 1 atom stereocenters. The van der Waals surface area contributed by atoms with Gasteiger partial charge in [-0.2, -0.15) is 13.2 Å². The number of amides is 1. The number of halogens is 4. The van der Waals surface area contributed by atoms with Crippen LogP contribution in [0.4, 0.5) is 18.9 Å². The van der Waals surface area contributed by atoms with Gasteiger partial charge in [-0.15, -0.1) is 0 Å². The molecule has 0 spiro atoms. The lowest BCUT2D eigenvalue weighted by atomic mass is 10.00. The molecule has 4 aromatic rings. The number of carbonyl (C=O) groups excluding carboxylic acids is 1. The van der Waals surface area contributed by atoms with E-state index in [0.29, 0.717) is 21.8 Å². The highest BCUT2D eigenvalue weighted by molar-refractivity contribution is 6.30. The van der Waals surface area contributed by atoms with Crippen LogP contribution in [0.2, 0.25) is 5.02 Å². The fraction of sp³-hybridized carbons (Fsp3) is 0.0800. The summed E-state index contributed by atoms with van der Waals surface area (Å²) in [6.07, 6.45) is -5.54. The minimum Gasteiger partial charge on any atom is -0.451 e. The summed E-state index contributed by atoms with van der Waals surface area (Å²) >= 11 is 6.10. The first-order valence-corrected chi connectivity index (χ1v) is 10.2. The maximum absolute atomic E-state index is 13.0. The smallest absolute Gasteiger partial charge is 0.416 e. The number of benzene rings is 3. The highest BCUT2D eigenvalue weighted by Gasteiger charge is 2.30. The Balaban J connectivity index is 1.59. The van der Waals surface area contributed by atoms with Crippen molar-refractivity contribution >= 4 is 23.2 Å². The van der Waals surface area contributed by atoms with Gasteiger partial charge in [-0.25, -0.2) is 0 Å². The van der Waals surface area contributed by atoms with Crippen molar-refractivity contribution in [2.75, 3.05) is 5.32 Å². The van der Waals surface area contributed by atoms with Gasteiger partial charge in [-0.3, -0.25) is 4.79 Å². The number of hydrogen-bond acceptors (Lipinski definition) is 3. The van der Waals surface area contributed by atoms with Crippen LogP contribution in [-0.4, -0.2) is 11.0 Å². The average Bonchev–Trinajstić information content (AvgIpc) is 3.30. The van der Waals surface area contributed by atoms with Gasteiger partial charge in [0, 0.05) is 21.8 Å². The van der Waals surface area contributed by atoms with Crippen LogP contribution in [0.1, 0.15) is 33.3 Å². The van der Waals surface area contributed by atoms with Gasteiger partial charge in [0.25, 0.3) is 5.91 Å². The van der Waals surface area contributed by atoms with Crippen molar-refractivity contribution in [3.05, 3.63) is 112 Å². The Morgan fingerprint density at radius 1 is 0.939 bits per heavy atom. The molecule has 3 aromatic carbocycles. The van der Waals surface area contributed by atoms with E-state index >= 15 is 0 Å². The van der Waals surface area contributed by atoms with Gasteiger partial charge in [0.1, 0.15) is 11.9 Å². The number of alkyl halides is 3. The minimum atomic E-state index is -4.49. The lowest BCUT2D eigenvalue weighted by molar-refractivity contribution is -0.137. The summed E-state index contributed by atoms with van der Waals surface area (Å²) in [6.45, 7) is 0. The molecule has 1 unspecified atom stereocenters. The molecule has 2 N–H and O–H groups in total. The van der Waals surface area contributed by atoms with Gasteiger partial charge in [0.15, 0.2) is 5.76 Å². The molecule has 0 saturated carbocycles. The zero-order chi connectivity index (χ0) is 23.6. The molecule has 0 radical (unpaired) electrons. The Bertz CT molecular complexity index is 1290. The van der Waals surface area contributed by atoms with Gasteiger partial charge in [0.2, 0.25) is 0 Å². The van der Waals surface area contributed by atoms with Crippen molar-refractivity contribution in [1.29, 1.82) is 0 Å². The molecular formula is C25H17ClF3NO3. The van der Waals surface area contributed by atoms with Crippen molar-refractivity contribution in [3.8, 4) is 11.3 Å². The van der Waals surface area contributed by atoms with E-state index in [2.05, 4.69) is 5.32 Å². The Morgan fingerprint density at radius 3 is 2.42 bits per heavy atom. The van der Waals surface area contributed by atoms with Crippen molar-refractivity contribution in [2.24, 2.45) is 0 Å². The first-order chi connectivity index (χ1) is 15.7. The zero-order valence-corrected chi connectivity index (χ0v) is 17.7. The first kappa shape index (κ1) is 22.6. The Morgan fingerprint density at radius 2 is 1.70 bits per heavy atom. The predicted octanol–water partition coefficient (Wildman–Crippen LogP) is 6.95. The number of aliphatic hydroxyl groups excluding tert-OH is 1. The quantitative estimate of drug-likeness (QED) is 0.331. The zero-order valence-electron chi connectivity index (χ0n) is 16.9. The van der Waals surface area contributed by atoms with Crippen LogP contribution in [0.25, 0.3) is 11.3 Å². The molecule has 0 bridgehead atoms. The van der Waals surface area contributed by atoms with E-state index in [1.807, 2.05) is 6.07 Å². The second-order valence-electron chi connectivity index (χ2n) is 7.24. The number of rotatable bonds is 5. The van der Waals surface area contributed by atoms with Gasteiger partial charge < -0.3 is 14.8 Å².